The molecule has 0 aliphatic heterocycles. The van der Waals surface area contributed by atoms with E-state index in [2.05, 4.69) is 10.2 Å². The van der Waals surface area contributed by atoms with Gasteiger partial charge < -0.3 is 4.57 Å². The van der Waals surface area contributed by atoms with Crippen molar-refractivity contribution in [2.45, 2.75) is 17.1 Å². The maximum absolute atomic E-state index is 12.9. The van der Waals surface area contributed by atoms with Crippen LogP contribution < -0.4 is 0 Å². The molecule has 0 bridgehead atoms. The van der Waals surface area contributed by atoms with Crippen LogP contribution in [0.15, 0.2) is 29.4 Å². The van der Waals surface area contributed by atoms with Gasteiger partial charge in [0.15, 0.2) is 5.16 Å². The average molecular weight is 291 g/mol. The molecule has 8 heteroatoms. The van der Waals surface area contributed by atoms with E-state index in [1.807, 2.05) is 0 Å². The smallest absolute Gasteiger partial charge is 0.302 e. The number of halogens is 4. The van der Waals surface area contributed by atoms with Crippen LogP contribution in [0.25, 0.3) is 0 Å². The monoisotopic (exact) mass is 291 g/mol. The SMILES string of the molecule is Cn1c(SCc2cccc(F)c2)nnc1C(F)(F)F. The third kappa shape index (κ3) is 3.25. The van der Waals surface area contributed by atoms with Crippen molar-refractivity contribution in [3.05, 3.63) is 41.5 Å². The van der Waals surface area contributed by atoms with Crippen LogP contribution in [0.3, 0.4) is 0 Å². The summed E-state index contributed by atoms with van der Waals surface area (Å²) >= 11 is 1.07. The Kier molecular flexibility index (Phi) is 3.79. The lowest BCUT2D eigenvalue weighted by molar-refractivity contribution is -0.147. The van der Waals surface area contributed by atoms with Crippen molar-refractivity contribution in [1.29, 1.82) is 0 Å². The second kappa shape index (κ2) is 5.20. The molecule has 0 unspecified atom stereocenters. The summed E-state index contributed by atoms with van der Waals surface area (Å²) in [5, 5.41) is 6.73. The Balaban J connectivity index is 2.11. The van der Waals surface area contributed by atoms with Crippen molar-refractivity contribution >= 4 is 11.8 Å². The van der Waals surface area contributed by atoms with Gasteiger partial charge in [0.05, 0.1) is 0 Å². The van der Waals surface area contributed by atoms with Crippen LogP contribution in [0, 0.1) is 5.82 Å². The van der Waals surface area contributed by atoms with Gasteiger partial charge in [-0.2, -0.15) is 13.2 Å². The van der Waals surface area contributed by atoms with Gasteiger partial charge >= 0.3 is 6.18 Å². The van der Waals surface area contributed by atoms with E-state index in [0.29, 0.717) is 11.3 Å². The molecule has 0 saturated heterocycles. The Morgan fingerprint density at radius 2 is 2.00 bits per heavy atom. The first-order valence-corrected chi connectivity index (χ1v) is 6.20. The van der Waals surface area contributed by atoms with Gasteiger partial charge in [0.25, 0.3) is 0 Å². The Morgan fingerprint density at radius 1 is 1.26 bits per heavy atom. The van der Waals surface area contributed by atoms with Crippen molar-refractivity contribution in [3.63, 3.8) is 0 Å². The van der Waals surface area contributed by atoms with Gasteiger partial charge in [-0.1, -0.05) is 23.9 Å². The van der Waals surface area contributed by atoms with Gasteiger partial charge in [-0.15, -0.1) is 10.2 Å². The quantitative estimate of drug-likeness (QED) is 0.642. The van der Waals surface area contributed by atoms with E-state index in [1.165, 1.54) is 19.2 Å². The van der Waals surface area contributed by atoms with E-state index in [4.69, 9.17) is 0 Å². The van der Waals surface area contributed by atoms with Crippen LogP contribution in [0.2, 0.25) is 0 Å². The van der Waals surface area contributed by atoms with Crippen LogP contribution in [-0.4, -0.2) is 14.8 Å². The van der Waals surface area contributed by atoms with E-state index in [1.54, 1.807) is 12.1 Å². The molecular formula is C11H9F4N3S. The molecule has 3 nitrogen and oxygen atoms in total. The first kappa shape index (κ1) is 13.9. The van der Waals surface area contributed by atoms with E-state index in [9.17, 15) is 17.6 Å². The number of hydrogen-bond acceptors (Lipinski definition) is 3. The van der Waals surface area contributed by atoms with Crippen LogP contribution >= 0.6 is 11.8 Å². The number of thioether (sulfide) groups is 1. The summed E-state index contributed by atoms with van der Waals surface area (Å²) < 4.78 is 51.3. The third-order valence-electron chi connectivity index (χ3n) is 2.35. The molecule has 0 N–H and O–H groups in total. The first-order chi connectivity index (χ1) is 8.88. The van der Waals surface area contributed by atoms with Crippen molar-refractivity contribution in [2.24, 2.45) is 7.05 Å². The highest BCUT2D eigenvalue weighted by Gasteiger charge is 2.37. The fourth-order valence-electron chi connectivity index (χ4n) is 1.46. The normalized spacial score (nSPS) is 11.8. The molecule has 0 amide bonds. The second-order valence-corrected chi connectivity index (χ2v) is 4.72. The molecule has 0 atom stereocenters. The largest absolute Gasteiger partial charge is 0.451 e. The third-order valence-corrected chi connectivity index (χ3v) is 3.44. The van der Waals surface area contributed by atoms with E-state index >= 15 is 0 Å². The number of hydrogen-bond donors (Lipinski definition) is 0. The van der Waals surface area contributed by atoms with Crippen LogP contribution in [-0.2, 0) is 19.0 Å². The van der Waals surface area contributed by atoms with Crippen molar-refractivity contribution < 1.29 is 17.6 Å². The summed E-state index contributed by atoms with van der Waals surface area (Å²) in [5.74, 6) is -1.11. The highest BCUT2D eigenvalue weighted by molar-refractivity contribution is 7.98. The van der Waals surface area contributed by atoms with E-state index in [-0.39, 0.29) is 11.0 Å². The molecule has 2 aromatic rings. The fraction of sp³-hybridized carbons (Fsp3) is 0.273. The number of benzene rings is 1. The molecule has 1 aromatic heterocycles. The summed E-state index contributed by atoms with van der Waals surface area (Å²) in [4.78, 5) is 0. The van der Waals surface area contributed by atoms with Gasteiger partial charge in [0.2, 0.25) is 5.82 Å². The zero-order chi connectivity index (χ0) is 14.0. The predicted octanol–water partition coefficient (Wildman–Crippen LogP) is 3.27. The number of aromatic nitrogens is 3. The van der Waals surface area contributed by atoms with Crippen molar-refractivity contribution in [1.82, 2.24) is 14.8 Å². The fourth-order valence-corrected chi connectivity index (χ4v) is 2.32. The Labute approximate surface area is 110 Å². The summed E-state index contributed by atoms with van der Waals surface area (Å²) in [6.07, 6.45) is -4.53. The van der Waals surface area contributed by atoms with Gasteiger partial charge in [-0.3, -0.25) is 0 Å². The molecule has 0 aliphatic rings. The summed E-state index contributed by atoms with van der Waals surface area (Å²) in [5.41, 5.74) is 0.668. The lowest BCUT2D eigenvalue weighted by Crippen LogP contribution is -2.12. The van der Waals surface area contributed by atoms with E-state index < -0.39 is 12.0 Å². The molecule has 1 aromatic carbocycles. The lowest BCUT2D eigenvalue weighted by Gasteiger charge is -2.06. The molecule has 2 rings (SSSR count). The Bertz CT molecular complexity index is 580. The standard InChI is InChI=1S/C11H9F4N3S/c1-18-9(11(13,14)15)16-17-10(18)19-6-7-3-2-4-8(12)5-7/h2-5H,6H2,1H3. The number of alkyl halides is 3. The highest BCUT2D eigenvalue weighted by atomic mass is 32.2. The maximum atomic E-state index is 12.9. The molecule has 102 valence electrons. The zero-order valence-electron chi connectivity index (χ0n) is 9.78. The number of nitrogens with zero attached hydrogens (tertiary/aromatic N) is 3. The molecule has 0 radical (unpaired) electrons. The molecule has 1 heterocycles. The Hall–Kier alpha value is -1.57. The zero-order valence-corrected chi connectivity index (χ0v) is 10.6. The minimum absolute atomic E-state index is 0.136. The maximum Gasteiger partial charge on any atom is 0.451 e. The summed E-state index contributed by atoms with van der Waals surface area (Å²) in [6.45, 7) is 0. The van der Waals surface area contributed by atoms with Crippen molar-refractivity contribution in [2.75, 3.05) is 0 Å². The molecule has 0 fully saturated rings. The average Bonchev–Trinajstić information content (AvgIpc) is 2.68. The van der Waals surface area contributed by atoms with Crippen LogP contribution in [0.5, 0.6) is 0 Å². The minimum Gasteiger partial charge on any atom is -0.302 e. The summed E-state index contributed by atoms with van der Waals surface area (Å²) in [6, 6.07) is 5.87. The van der Waals surface area contributed by atoms with Crippen LogP contribution in [0.4, 0.5) is 17.6 Å². The first-order valence-electron chi connectivity index (χ1n) is 5.22. The van der Waals surface area contributed by atoms with E-state index in [0.717, 1.165) is 16.3 Å². The number of rotatable bonds is 3. The molecule has 19 heavy (non-hydrogen) atoms. The summed E-state index contributed by atoms with van der Waals surface area (Å²) in [7, 11) is 1.25. The second-order valence-electron chi connectivity index (χ2n) is 3.78. The topological polar surface area (TPSA) is 30.7 Å². The van der Waals surface area contributed by atoms with Gasteiger partial charge in [0, 0.05) is 12.8 Å². The molecule has 0 saturated carbocycles. The van der Waals surface area contributed by atoms with Gasteiger partial charge in [-0.05, 0) is 17.7 Å². The van der Waals surface area contributed by atoms with Gasteiger partial charge in [0.1, 0.15) is 5.82 Å². The van der Waals surface area contributed by atoms with Crippen molar-refractivity contribution in [3.8, 4) is 0 Å². The predicted molar refractivity (Wildman–Crippen MR) is 62.0 cm³/mol. The van der Waals surface area contributed by atoms with Crippen LogP contribution in [0.1, 0.15) is 11.4 Å². The molecular weight excluding hydrogens is 282 g/mol. The lowest BCUT2D eigenvalue weighted by atomic mass is 10.2. The molecule has 0 spiro atoms. The van der Waals surface area contributed by atoms with Gasteiger partial charge in [-0.25, -0.2) is 4.39 Å². The molecule has 0 aliphatic carbocycles. The minimum atomic E-state index is -4.53. The Morgan fingerprint density at radius 3 is 2.58 bits per heavy atom. The highest BCUT2D eigenvalue weighted by Crippen LogP contribution is 2.30.